The average molecular weight is 392 g/mol. The van der Waals surface area contributed by atoms with Gasteiger partial charge in [0.1, 0.15) is 11.7 Å². The summed E-state index contributed by atoms with van der Waals surface area (Å²) in [4.78, 5) is 31.0. The van der Waals surface area contributed by atoms with Crippen molar-refractivity contribution in [3.8, 4) is 6.07 Å². The Kier molecular flexibility index (Phi) is 3.02. The molecule has 2 bridgehead atoms. The van der Waals surface area contributed by atoms with E-state index >= 15 is 0 Å². The van der Waals surface area contributed by atoms with Crippen molar-refractivity contribution in [3.63, 3.8) is 0 Å². The summed E-state index contributed by atoms with van der Waals surface area (Å²) in [6.45, 7) is 3.46. The van der Waals surface area contributed by atoms with Gasteiger partial charge < -0.3 is 9.84 Å². The lowest BCUT2D eigenvalue weighted by atomic mass is 9.67. The fraction of sp³-hybridized carbons (Fsp3) is 0.500. The van der Waals surface area contributed by atoms with Crippen LogP contribution in [0.1, 0.15) is 26.0 Å². The number of carbonyl (C=O) groups excluding carboxylic acids is 2. The van der Waals surface area contributed by atoms with E-state index in [-0.39, 0.29) is 11.6 Å². The molecule has 1 aromatic heterocycles. The van der Waals surface area contributed by atoms with Gasteiger partial charge in [-0.25, -0.2) is 9.88 Å². The molecule has 0 radical (unpaired) electrons. The number of nitrogens with zero attached hydrogens (tertiary/aromatic N) is 3. The van der Waals surface area contributed by atoms with Gasteiger partial charge in [-0.05, 0) is 35.8 Å². The van der Waals surface area contributed by atoms with Crippen LogP contribution in [0, 0.1) is 23.2 Å². The zero-order valence-electron chi connectivity index (χ0n) is 13.0. The van der Waals surface area contributed by atoms with Crippen LogP contribution >= 0.6 is 15.9 Å². The molecule has 1 aromatic rings. The van der Waals surface area contributed by atoms with Gasteiger partial charge in [-0.1, -0.05) is 0 Å². The lowest BCUT2D eigenvalue weighted by Crippen LogP contribution is -2.49. The summed E-state index contributed by atoms with van der Waals surface area (Å²) in [6, 6.07) is 3.45. The van der Waals surface area contributed by atoms with Crippen LogP contribution in [0.15, 0.2) is 16.7 Å². The Bertz CT molecular complexity index is 837. The van der Waals surface area contributed by atoms with E-state index in [0.29, 0.717) is 16.6 Å². The van der Waals surface area contributed by atoms with Crippen LogP contribution in [0.5, 0.6) is 0 Å². The highest BCUT2D eigenvalue weighted by molar-refractivity contribution is 9.10. The summed E-state index contributed by atoms with van der Waals surface area (Å²) in [5.74, 6) is -2.07. The molecule has 5 atom stereocenters. The third-order valence-electron chi connectivity index (χ3n) is 5.49. The molecule has 7 nitrogen and oxygen atoms in total. The molecule has 3 fully saturated rings. The molecule has 4 rings (SSSR count). The number of aliphatic hydroxyl groups is 1. The van der Waals surface area contributed by atoms with Crippen LogP contribution in [0.4, 0.5) is 5.69 Å². The van der Waals surface area contributed by atoms with Crippen LogP contribution in [0.3, 0.4) is 0 Å². The molecule has 0 spiro atoms. The topological polar surface area (TPSA) is 104 Å². The van der Waals surface area contributed by atoms with Crippen LogP contribution in [0.2, 0.25) is 0 Å². The second-order valence-corrected chi connectivity index (χ2v) is 7.78. The first-order valence-electron chi connectivity index (χ1n) is 7.54. The third-order valence-corrected chi connectivity index (χ3v) is 6.09. The molecule has 0 saturated carbocycles. The van der Waals surface area contributed by atoms with E-state index in [1.807, 2.05) is 6.07 Å². The quantitative estimate of drug-likeness (QED) is 0.719. The third kappa shape index (κ3) is 1.69. The summed E-state index contributed by atoms with van der Waals surface area (Å²) < 4.78 is 6.34. The Labute approximate surface area is 146 Å². The number of aromatic nitrogens is 1. The fourth-order valence-corrected chi connectivity index (χ4v) is 4.83. The highest BCUT2D eigenvalue weighted by Gasteiger charge is 2.75. The van der Waals surface area contributed by atoms with Gasteiger partial charge in [0.05, 0.1) is 39.9 Å². The molecule has 0 aromatic carbocycles. The number of amides is 2. The molecule has 4 heterocycles. The van der Waals surface area contributed by atoms with Gasteiger partial charge in [-0.2, -0.15) is 5.26 Å². The van der Waals surface area contributed by atoms with Crippen molar-refractivity contribution in [2.45, 2.75) is 37.6 Å². The Morgan fingerprint density at radius 2 is 2.08 bits per heavy atom. The standard InChI is InChI=1S/C16H14BrN3O4/c1-15-4-10(21)16(2,24-15)12-11(15)13(22)20(14(12)23)7-3-8(17)9(5-18)19-6-7/h3,6,10-12,21H,4H2,1-2H3/t10-,11+,12-,15?,16?/m1/s1. The Hall–Kier alpha value is -1.82. The summed E-state index contributed by atoms with van der Waals surface area (Å²) in [7, 11) is 0. The summed E-state index contributed by atoms with van der Waals surface area (Å²) >= 11 is 3.22. The Morgan fingerprint density at radius 1 is 1.42 bits per heavy atom. The molecule has 124 valence electrons. The number of hydrogen-bond donors (Lipinski definition) is 1. The highest BCUT2D eigenvalue weighted by atomic mass is 79.9. The number of ether oxygens (including phenoxy) is 1. The van der Waals surface area contributed by atoms with E-state index in [1.165, 1.54) is 12.3 Å². The van der Waals surface area contributed by atoms with Gasteiger partial charge in [0.2, 0.25) is 11.8 Å². The number of imide groups is 1. The second kappa shape index (κ2) is 4.63. The van der Waals surface area contributed by atoms with Crippen molar-refractivity contribution in [1.82, 2.24) is 4.98 Å². The van der Waals surface area contributed by atoms with E-state index in [9.17, 15) is 14.7 Å². The van der Waals surface area contributed by atoms with Crippen molar-refractivity contribution in [1.29, 1.82) is 5.26 Å². The first-order chi connectivity index (χ1) is 11.2. The molecular weight excluding hydrogens is 378 g/mol. The molecule has 2 amide bonds. The van der Waals surface area contributed by atoms with Gasteiger partial charge in [-0.15, -0.1) is 0 Å². The monoisotopic (exact) mass is 391 g/mol. The number of rotatable bonds is 1. The van der Waals surface area contributed by atoms with E-state index in [1.54, 1.807) is 13.8 Å². The zero-order valence-corrected chi connectivity index (χ0v) is 14.6. The Balaban J connectivity index is 1.79. The molecular formula is C16H14BrN3O4. The fourth-order valence-electron chi connectivity index (χ4n) is 4.41. The minimum atomic E-state index is -1.06. The van der Waals surface area contributed by atoms with Crippen LogP contribution < -0.4 is 4.90 Å². The number of hydrogen-bond acceptors (Lipinski definition) is 6. The molecule has 2 unspecified atom stereocenters. The van der Waals surface area contributed by atoms with Gasteiger partial charge in [0, 0.05) is 6.42 Å². The van der Waals surface area contributed by atoms with Crippen LogP contribution in [-0.2, 0) is 14.3 Å². The van der Waals surface area contributed by atoms with Gasteiger partial charge in [-0.3, -0.25) is 9.59 Å². The number of carbonyl (C=O) groups is 2. The molecule has 8 heteroatoms. The molecule has 3 saturated heterocycles. The zero-order chi connectivity index (χ0) is 17.4. The number of nitriles is 1. The van der Waals surface area contributed by atoms with Gasteiger partial charge in [0.25, 0.3) is 0 Å². The number of anilines is 1. The number of aliphatic hydroxyl groups excluding tert-OH is 1. The van der Waals surface area contributed by atoms with E-state index in [4.69, 9.17) is 10.00 Å². The van der Waals surface area contributed by atoms with Crippen molar-refractivity contribution in [3.05, 3.63) is 22.4 Å². The molecule has 1 N–H and O–H groups in total. The van der Waals surface area contributed by atoms with Crippen molar-refractivity contribution in [2.24, 2.45) is 11.8 Å². The maximum absolute atomic E-state index is 13.0. The van der Waals surface area contributed by atoms with Gasteiger partial charge >= 0.3 is 0 Å². The lowest BCUT2D eigenvalue weighted by molar-refractivity contribution is -0.132. The lowest BCUT2D eigenvalue weighted by Gasteiger charge is -2.31. The molecule has 0 aliphatic carbocycles. The predicted molar refractivity (Wildman–Crippen MR) is 84.6 cm³/mol. The summed E-state index contributed by atoms with van der Waals surface area (Å²) in [5.41, 5.74) is -1.42. The second-order valence-electron chi connectivity index (χ2n) is 6.92. The smallest absolute Gasteiger partial charge is 0.240 e. The number of fused-ring (bicyclic) bond motifs is 5. The maximum Gasteiger partial charge on any atom is 0.240 e. The SMILES string of the molecule is CC12C[C@@H](O)C(C)(O1)[C@H]1C(=O)N(c3cnc(C#N)c(Br)c3)C(=O)[C@H]12. The first-order valence-corrected chi connectivity index (χ1v) is 8.34. The molecule has 3 aliphatic rings. The van der Waals surface area contributed by atoms with Crippen LogP contribution in [0.25, 0.3) is 0 Å². The molecule has 3 aliphatic heterocycles. The first kappa shape index (κ1) is 15.7. The van der Waals surface area contributed by atoms with Crippen LogP contribution in [-0.4, -0.2) is 39.2 Å². The minimum Gasteiger partial charge on any atom is -0.390 e. The largest absolute Gasteiger partial charge is 0.390 e. The Morgan fingerprint density at radius 3 is 2.71 bits per heavy atom. The van der Waals surface area contributed by atoms with E-state index in [2.05, 4.69) is 20.9 Å². The number of pyridine rings is 1. The van der Waals surface area contributed by atoms with Crippen molar-refractivity contribution >= 4 is 33.4 Å². The highest BCUT2D eigenvalue weighted by Crippen LogP contribution is 2.60. The minimum absolute atomic E-state index is 0.177. The van der Waals surface area contributed by atoms with E-state index < -0.39 is 35.0 Å². The summed E-state index contributed by atoms with van der Waals surface area (Å²) in [5, 5.41) is 19.3. The average Bonchev–Trinajstić information content (AvgIpc) is 3.01. The predicted octanol–water partition coefficient (Wildman–Crippen LogP) is 1.13. The number of halogens is 1. The van der Waals surface area contributed by atoms with E-state index in [0.717, 1.165) is 4.90 Å². The van der Waals surface area contributed by atoms with Crippen molar-refractivity contribution < 1.29 is 19.4 Å². The van der Waals surface area contributed by atoms with Gasteiger partial charge in [0.15, 0.2) is 5.69 Å². The molecule has 24 heavy (non-hydrogen) atoms. The normalized spacial score (nSPS) is 40.1. The summed E-state index contributed by atoms with van der Waals surface area (Å²) in [6.07, 6.45) is 0.878. The maximum atomic E-state index is 13.0. The van der Waals surface area contributed by atoms with Crippen molar-refractivity contribution in [2.75, 3.05) is 4.90 Å².